The van der Waals surface area contributed by atoms with Crippen molar-refractivity contribution >= 4 is 11.6 Å². The van der Waals surface area contributed by atoms with Crippen LogP contribution in [0.5, 0.6) is 0 Å². The lowest BCUT2D eigenvalue weighted by atomic mass is 9.41. The quantitative estimate of drug-likeness (QED) is 0.297. The van der Waals surface area contributed by atoms with E-state index in [0.717, 1.165) is 0 Å². The maximum Gasteiger partial charge on any atom is 0.451 e. The van der Waals surface area contributed by atoms with Crippen molar-refractivity contribution in [3.63, 3.8) is 0 Å². The molecule has 6 fully saturated rings. The van der Waals surface area contributed by atoms with E-state index in [4.69, 9.17) is 9.26 Å². The van der Waals surface area contributed by atoms with Gasteiger partial charge in [0, 0.05) is 46.6 Å². The summed E-state index contributed by atoms with van der Waals surface area (Å²) in [7, 11) is 0. The van der Waals surface area contributed by atoms with Crippen LogP contribution in [0.1, 0.15) is 83.0 Å². The Morgan fingerprint density at radius 2 is 1.70 bits per heavy atom. The van der Waals surface area contributed by atoms with E-state index in [-0.39, 0.29) is 36.0 Å². The van der Waals surface area contributed by atoms with Gasteiger partial charge in [0.25, 0.3) is 0 Å². The Hall–Kier alpha value is -3.41. The van der Waals surface area contributed by atoms with Crippen molar-refractivity contribution in [1.29, 1.82) is 0 Å². The third kappa shape index (κ3) is 4.63. The van der Waals surface area contributed by atoms with E-state index in [9.17, 15) is 22.4 Å². The van der Waals surface area contributed by atoms with Gasteiger partial charge in [0.1, 0.15) is 5.67 Å². The van der Waals surface area contributed by atoms with Crippen LogP contribution in [-0.4, -0.2) is 44.8 Å². The summed E-state index contributed by atoms with van der Waals surface area (Å²) in [5.41, 5.74) is -1.42. The zero-order valence-corrected chi connectivity index (χ0v) is 24.3. The first-order valence-corrected chi connectivity index (χ1v) is 14.6. The number of fused-ring (bicyclic) bond motifs is 3. The minimum Gasteiger partial charge on any atom is -0.370 e. The van der Waals surface area contributed by atoms with Gasteiger partial charge >= 0.3 is 6.18 Å². The van der Waals surface area contributed by atoms with Crippen molar-refractivity contribution in [1.82, 2.24) is 20.1 Å². The van der Waals surface area contributed by atoms with Crippen LogP contribution in [0.4, 0.5) is 23.2 Å². The second-order valence-electron chi connectivity index (χ2n) is 14.2. The monoisotopic (exact) mass is 599 g/mol. The molecule has 43 heavy (non-hydrogen) atoms. The van der Waals surface area contributed by atoms with E-state index in [2.05, 4.69) is 20.1 Å². The summed E-state index contributed by atoms with van der Waals surface area (Å²) < 4.78 is 65.4. The number of benzene rings is 1. The average molecular weight is 600 g/mol. The topological polar surface area (TPSA) is 94.2 Å². The van der Waals surface area contributed by atoms with Crippen LogP contribution in [0.3, 0.4) is 0 Å². The van der Waals surface area contributed by atoms with Gasteiger partial charge in [-0.05, 0) is 57.1 Å². The fourth-order valence-electron chi connectivity index (χ4n) is 7.30. The summed E-state index contributed by atoms with van der Waals surface area (Å²) in [5, 5.41) is 4.17. The summed E-state index contributed by atoms with van der Waals surface area (Å²) in [4.78, 5) is 27.6. The molecule has 0 atom stereocenters. The van der Waals surface area contributed by atoms with Gasteiger partial charge in [0.05, 0.1) is 17.6 Å². The van der Waals surface area contributed by atoms with Gasteiger partial charge in [-0.2, -0.15) is 18.2 Å². The molecule has 3 aromatic rings. The summed E-state index contributed by atoms with van der Waals surface area (Å²) in [6.07, 6.45) is 1.11. The molecular formula is C31H33F4N5O3. The number of halogens is 4. The molecule has 0 spiro atoms. The molecule has 0 N–H and O–H groups in total. The molecule has 1 aromatic carbocycles. The highest BCUT2D eigenvalue weighted by Gasteiger charge is 2.73. The lowest BCUT2D eigenvalue weighted by Crippen LogP contribution is -2.71. The standard InChI is InChI=1S/C31H33F4N5O3/c1-26(2,3)24-38-22(39-43-24)19-5-4-6-21(11-19)40(25(41)28-14-29(32,15-28)16-28)17-27-7-9-30(10-8-27,42-18-27)20-12-36-23(37-13-20)31(33,34)35/h4-6,11-13H,7-10,14-18H2,1-3H3. The molecule has 4 bridgehead atoms. The number of carbonyl (C=O) groups is 1. The van der Waals surface area contributed by atoms with Gasteiger partial charge in [-0.25, -0.2) is 14.4 Å². The molecule has 4 saturated carbocycles. The second-order valence-corrected chi connectivity index (χ2v) is 14.2. The van der Waals surface area contributed by atoms with Crippen LogP contribution >= 0.6 is 0 Å². The Kier molecular flexibility index (Phi) is 5.97. The number of carbonyl (C=O) groups excluding carboxylic acids is 1. The molecule has 2 aromatic heterocycles. The molecule has 0 unspecified atom stereocenters. The third-order valence-electron chi connectivity index (χ3n) is 9.85. The molecule has 2 saturated heterocycles. The van der Waals surface area contributed by atoms with E-state index < -0.39 is 28.7 Å². The maximum atomic E-state index is 14.5. The molecule has 6 aliphatic rings. The Labute approximate surface area is 246 Å². The Morgan fingerprint density at radius 1 is 1.02 bits per heavy atom. The number of hydrogen-bond acceptors (Lipinski definition) is 7. The summed E-state index contributed by atoms with van der Waals surface area (Å²) in [5.74, 6) is -0.331. The summed E-state index contributed by atoms with van der Waals surface area (Å²) in [6.45, 7) is 6.67. The van der Waals surface area contributed by atoms with E-state index in [1.807, 2.05) is 45.0 Å². The van der Waals surface area contributed by atoms with Crippen LogP contribution in [0.25, 0.3) is 11.4 Å². The Bertz CT molecular complexity index is 1530. The summed E-state index contributed by atoms with van der Waals surface area (Å²) in [6, 6.07) is 7.46. The van der Waals surface area contributed by atoms with Gasteiger partial charge in [-0.15, -0.1) is 0 Å². The SMILES string of the molecule is CC(C)(C)c1nc(-c2cccc(N(CC34CCC(c5cnc(C(F)(F)F)nc5)(CC3)OC4)C(=O)C34CC(F)(C3)C4)c2)no1. The fourth-order valence-corrected chi connectivity index (χ4v) is 7.30. The number of hydrogen-bond donors (Lipinski definition) is 0. The number of nitrogens with zero attached hydrogens (tertiary/aromatic N) is 5. The second kappa shape index (κ2) is 9.06. The zero-order chi connectivity index (χ0) is 30.5. The van der Waals surface area contributed by atoms with Crippen molar-refractivity contribution in [2.24, 2.45) is 10.8 Å². The highest BCUT2D eigenvalue weighted by atomic mass is 19.4. The number of rotatable bonds is 6. The van der Waals surface area contributed by atoms with Crippen molar-refractivity contribution in [3.8, 4) is 11.4 Å². The average Bonchev–Trinajstić information content (AvgIpc) is 3.46. The van der Waals surface area contributed by atoms with Crippen molar-refractivity contribution in [3.05, 3.63) is 53.9 Å². The van der Waals surface area contributed by atoms with Crippen LogP contribution < -0.4 is 4.90 Å². The molecule has 8 nitrogen and oxygen atoms in total. The molecule has 9 rings (SSSR count). The smallest absolute Gasteiger partial charge is 0.370 e. The third-order valence-corrected chi connectivity index (χ3v) is 9.85. The highest BCUT2D eigenvalue weighted by Crippen LogP contribution is 2.70. The van der Waals surface area contributed by atoms with E-state index >= 15 is 0 Å². The molecule has 12 heteroatoms. The van der Waals surface area contributed by atoms with Gasteiger partial charge in [0.15, 0.2) is 0 Å². The number of ether oxygens (including phenoxy) is 1. The zero-order valence-electron chi connectivity index (χ0n) is 24.3. The Balaban J connectivity index is 1.15. The van der Waals surface area contributed by atoms with E-state index in [1.54, 1.807) is 4.90 Å². The van der Waals surface area contributed by atoms with Crippen LogP contribution in [0, 0.1) is 10.8 Å². The number of anilines is 1. The first-order valence-electron chi connectivity index (χ1n) is 14.6. The van der Waals surface area contributed by atoms with Crippen LogP contribution in [-0.2, 0) is 26.7 Å². The molecule has 4 aliphatic carbocycles. The summed E-state index contributed by atoms with van der Waals surface area (Å²) >= 11 is 0. The predicted molar refractivity (Wildman–Crippen MR) is 146 cm³/mol. The highest BCUT2D eigenvalue weighted by molar-refractivity contribution is 6.00. The van der Waals surface area contributed by atoms with Gasteiger partial charge in [-0.1, -0.05) is 38.1 Å². The van der Waals surface area contributed by atoms with Crippen molar-refractivity contribution in [2.75, 3.05) is 18.1 Å². The van der Waals surface area contributed by atoms with Crippen LogP contribution in [0.2, 0.25) is 0 Å². The predicted octanol–water partition coefficient (Wildman–Crippen LogP) is 6.55. The normalized spacial score (nSPS) is 31.3. The fraction of sp³-hybridized carbons (Fsp3) is 0.581. The molecule has 4 heterocycles. The Morgan fingerprint density at radius 3 is 2.23 bits per heavy atom. The minimum atomic E-state index is -4.61. The maximum absolute atomic E-state index is 14.5. The van der Waals surface area contributed by atoms with Crippen molar-refractivity contribution in [2.45, 2.75) is 88.6 Å². The lowest BCUT2D eigenvalue weighted by Gasteiger charge is -2.65. The number of amides is 1. The van der Waals surface area contributed by atoms with Gasteiger partial charge < -0.3 is 14.2 Å². The molecule has 2 aliphatic heterocycles. The van der Waals surface area contributed by atoms with E-state index in [0.29, 0.717) is 67.4 Å². The molecular weight excluding hydrogens is 566 g/mol. The minimum absolute atomic E-state index is 0.0828. The number of alkyl halides is 4. The number of aromatic nitrogens is 4. The molecule has 0 radical (unpaired) electrons. The largest absolute Gasteiger partial charge is 0.451 e. The van der Waals surface area contributed by atoms with Crippen molar-refractivity contribution < 1.29 is 31.6 Å². The first-order chi connectivity index (χ1) is 20.1. The van der Waals surface area contributed by atoms with Crippen LogP contribution in [0.15, 0.2) is 41.2 Å². The molecule has 228 valence electrons. The van der Waals surface area contributed by atoms with Gasteiger partial charge in [-0.3, -0.25) is 4.79 Å². The molecule has 1 amide bonds. The first kappa shape index (κ1) is 28.4. The van der Waals surface area contributed by atoms with E-state index in [1.165, 1.54) is 12.4 Å². The van der Waals surface area contributed by atoms with Gasteiger partial charge in [0.2, 0.25) is 23.4 Å². The lowest BCUT2D eigenvalue weighted by molar-refractivity contribution is -0.213.